The monoisotopic (exact) mass is 276 g/mol. The average molecular weight is 276 g/mol. The lowest BCUT2D eigenvalue weighted by Crippen LogP contribution is -2.47. The molecule has 0 aromatic carbocycles. The Morgan fingerprint density at radius 2 is 1.53 bits per heavy atom. The lowest BCUT2D eigenvalue weighted by Gasteiger charge is -2.28. The largest absolute Gasteiger partial charge is 0.387 e. The summed E-state index contributed by atoms with van der Waals surface area (Å²) in [4.78, 5) is 0. The van der Waals surface area contributed by atoms with Crippen molar-refractivity contribution < 1.29 is 29.2 Å². The van der Waals surface area contributed by atoms with Gasteiger partial charge >= 0.3 is 0 Å². The summed E-state index contributed by atoms with van der Waals surface area (Å²) in [7, 11) is 0. The highest BCUT2D eigenvalue weighted by molar-refractivity contribution is 4.89. The first-order chi connectivity index (χ1) is 8.76. The average Bonchev–Trinajstić information content (AvgIpc) is 2.92. The van der Waals surface area contributed by atoms with Crippen molar-refractivity contribution in [3.63, 3.8) is 0 Å². The van der Waals surface area contributed by atoms with Crippen molar-refractivity contribution in [1.29, 1.82) is 0 Å². The van der Waals surface area contributed by atoms with E-state index >= 15 is 0 Å². The van der Waals surface area contributed by atoms with E-state index in [-0.39, 0.29) is 13.2 Å². The van der Waals surface area contributed by atoms with Gasteiger partial charge in [0.25, 0.3) is 0 Å². The zero-order valence-electron chi connectivity index (χ0n) is 12.0. The van der Waals surface area contributed by atoms with Gasteiger partial charge in [0.1, 0.15) is 24.4 Å². The van der Waals surface area contributed by atoms with Gasteiger partial charge in [-0.25, -0.2) is 0 Å². The van der Waals surface area contributed by atoms with Gasteiger partial charge < -0.3 is 29.2 Å². The fourth-order valence-corrected chi connectivity index (χ4v) is 2.32. The SMILES string of the molecule is CCC1(C)OCC(C(O)C(O)C2COC(C)(C)O2)O1. The molecule has 0 saturated carbocycles. The molecule has 0 aromatic rings. The van der Waals surface area contributed by atoms with Gasteiger partial charge in [0.15, 0.2) is 11.6 Å². The molecule has 0 spiro atoms. The molecule has 112 valence electrons. The lowest BCUT2D eigenvalue weighted by molar-refractivity contribution is -0.190. The Bertz CT molecular complexity index is 320. The predicted octanol–water partition coefficient (Wildman–Crippen LogP) is 0.401. The van der Waals surface area contributed by atoms with E-state index in [2.05, 4.69) is 0 Å². The molecule has 2 saturated heterocycles. The van der Waals surface area contributed by atoms with Crippen LogP contribution in [0.4, 0.5) is 0 Å². The van der Waals surface area contributed by atoms with E-state index in [9.17, 15) is 10.2 Å². The molecule has 5 unspecified atom stereocenters. The Morgan fingerprint density at radius 1 is 1.00 bits per heavy atom. The molecule has 2 aliphatic rings. The molecule has 5 atom stereocenters. The maximum Gasteiger partial charge on any atom is 0.166 e. The van der Waals surface area contributed by atoms with E-state index in [0.717, 1.165) is 0 Å². The van der Waals surface area contributed by atoms with Crippen LogP contribution in [-0.2, 0) is 18.9 Å². The molecule has 2 N–H and O–H groups in total. The molecule has 2 heterocycles. The summed E-state index contributed by atoms with van der Waals surface area (Å²) >= 11 is 0. The standard InChI is InChI=1S/C13H24O6/c1-5-13(4)17-7-9(19-13)11(15)10(14)8-6-16-12(2,3)18-8/h8-11,14-15H,5-7H2,1-4H3. The third kappa shape index (κ3) is 3.26. The summed E-state index contributed by atoms with van der Waals surface area (Å²) in [6.07, 6.45) is -2.54. The van der Waals surface area contributed by atoms with Crippen LogP contribution < -0.4 is 0 Å². The van der Waals surface area contributed by atoms with Crippen molar-refractivity contribution in [2.24, 2.45) is 0 Å². The van der Waals surface area contributed by atoms with Gasteiger partial charge in [0.05, 0.1) is 13.2 Å². The van der Waals surface area contributed by atoms with Gasteiger partial charge in [0, 0.05) is 0 Å². The summed E-state index contributed by atoms with van der Waals surface area (Å²) in [5.74, 6) is -1.41. The second-order valence-electron chi connectivity index (χ2n) is 5.80. The van der Waals surface area contributed by atoms with Crippen LogP contribution in [0.2, 0.25) is 0 Å². The highest BCUT2D eigenvalue weighted by Crippen LogP contribution is 2.31. The third-order valence-electron chi connectivity index (χ3n) is 3.74. The van der Waals surface area contributed by atoms with Crippen molar-refractivity contribution in [2.75, 3.05) is 13.2 Å². The molecule has 0 aliphatic carbocycles. The third-order valence-corrected chi connectivity index (χ3v) is 3.74. The molecular formula is C13H24O6. The number of ether oxygens (including phenoxy) is 4. The van der Waals surface area contributed by atoms with Crippen molar-refractivity contribution in [1.82, 2.24) is 0 Å². The van der Waals surface area contributed by atoms with E-state index in [1.54, 1.807) is 13.8 Å². The molecule has 0 aromatic heterocycles. The minimum atomic E-state index is -1.06. The molecule has 0 bridgehead atoms. The van der Waals surface area contributed by atoms with Gasteiger partial charge in [-0.3, -0.25) is 0 Å². The fraction of sp³-hybridized carbons (Fsp3) is 1.00. The van der Waals surface area contributed by atoms with Gasteiger partial charge in [0.2, 0.25) is 0 Å². The maximum atomic E-state index is 10.2. The molecule has 0 radical (unpaired) electrons. The highest BCUT2D eigenvalue weighted by atomic mass is 16.8. The summed E-state index contributed by atoms with van der Waals surface area (Å²) in [5.41, 5.74) is 0. The molecule has 19 heavy (non-hydrogen) atoms. The van der Waals surface area contributed by atoms with Crippen LogP contribution in [0, 0.1) is 0 Å². The number of aliphatic hydroxyl groups is 2. The second kappa shape index (κ2) is 5.27. The van der Waals surface area contributed by atoms with Crippen molar-refractivity contribution in [2.45, 2.75) is 70.1 Å². The van der Waals surface area contributed by atoms with Gasteiger partial charge in [-0.1, -0.05) is 6.92 Å². The molecule has 0 amide bonds. The summed E-state index contributed by atoms with van der Waals surface area (Å²) in [6, 6.07) is 0. The predicted molar refractivity (Wildman–Crippen MR) is 66.4 cm³/mol. The van der Waals surface area contributed by atoms with Crippen LogP contribution in [0.3, 0.4) is 0 Å². The Labute approximate surface area is 113 Å². The molecular weight excluding hydrogens is 252 g/mol. The zero-order chi connectivity index (χ0) is 14.3. The molecule has 2 rings (SSSR count). The first-order valence-corrected chi connectivity index (χ1v) is 6.76. The minimum absolute atomic E-state index is 0.254. The van der Waals surface area contributed by atoms with Crippen molar-refractivity contribution in [3.8, 4) is 0 Å². The van der Waals surface area contributed by atoms with Crippen molar-refractivity contribution in [3.05, 3.63) is 0 Å². The summed E-state index contributed by atoms with van der Waals surface area (Å²) < 4.78 is 22.1. The smallest absolute Gasteiger partial charge is 0.166 e. The maximum absolute atomic E-state index is 10.2. The van der Waals surface area contributed by atoms with E-state index in [1.165, 1.54) is 0 Å². The minimum Gasteiger partial charge on any atom is -0.387 e. The Hall–Kier alpha value is -0.240. The number of rotatable bonds is 4. The summed E-state index contributed by atoms with van der Waals surface area (Å²) in [6.45, 7) is 7.83. The first-order valence-electron chi connectivity index (χ1n) is 6.76. The molecule has 2 aliphatic heterocycles. The normalized spacial score (nSPS) is 41.4. The van der Waals surface area contributed by atoms with Crippen LogP contribution in [0.15, 0.2) is 0 Å². The Morgan fingerprint density at radius 3 is 1.95 bits per heavy atom. The molecule has 6 nitrogen and oxygen atoms in total. The van der Waals surface area contributed by atoms with E-state index < -0.39 is 36.0 Å². The number of aliphatic hydroxyl groups excluding tert-OH is 2. The topological polar surface area (TPSA) is 77.4 Å². The van der Waals surface area contributed by atoms with E-state index in [0.29, 0.717) is 6.42 Å². The zero-order valence-corrected chi connectivity index (χ0v) is 12.0. The van der Waals surface area contributed by atoms with Crippen LogP contribution in [0.1, 0.15) is 34.1 Å². The van der Waals surface area contributed by atoms with Crippen LogP contribution in [-0.4, -0.2) is 59.4 Å². The fourth-order valence-electron chi connectivity index (χ4n) is 2.32. The van der Waals surface area contributed by atoms with Crippen LogP contribution >= 0.6 is 0 Å². The van der Waals surface area contributed by atoms with Gasteiger partial charge in [-0.15, -0.1) is 0 Å². The highest BCUT2D eigenvalue weighted by Gasteiger charge is 2.46. The molecule has 2 fully saturated rings. The molecule has 6 heteroatoms. The number of hydrogen-bond donors (Lipinski definition) is 2. The Kier molecular flexibility index (Phi) is 4.21. The second-order valence-corrected chi connectivity index (χ2v) is 5.80. The summed E-state index contributed by atoms with van der Waals surface area (Å²) in [5, 5.41) is 20.3. The quantitative estimate of drug-likeness (QED) is 0.774. The number of hydrogen-bond acceptors (Lipinski definition) is 6. The lowest BCUT2D eigenvalue weighted by atomic mass is 10.0. The van der Waals surface area contributed by atoms with E-state index in [4.69, 9.17) is 18.9 Å². The Balaban J connectivity index is 1.92. The van der Waals surface area contributed by atoms with Gasteiger partial charge in [-0.2, -0.15) is 0 Å². The first kappa shape index (κ1) is 15.2. The van der Waals surface area contributed by atoms with E-state index in [1.807, 2.05) is 13.8 Å². The van der Waals surface area contributed by atoms with Crippen LogP contribution in [0.25, 0.3) is 0 Å². The van der Waals surface area contributed by atoms with Gasteiger partial charge in [-0.05, 0) is 27.2 Å². The van der Waals surface area contributed by atoms with Crippen molar-refractivity contribution >= 4 is 0 Å². The van der Waals surface area contributed by atoms with Crippen LogP contribution in [0.5, 0.6) is 0 Å².